The van der Waals surface area contributed by atoms with Crippen LogP contribution >= 0.6 is 0 Å². The van der Waals surface area contributed by atoms with E-state index < -0.39 is 5.60 Å². The predicted molar refractivity (Wildman–Crippen MR) is 75.2 cm³/mol. The van der Waals surface area contributed by atoms with Crippen molar-refractivity contribution in [2.75, 3.05) is 26.2 Å². The first-order valence-electron chi connectivity index (χ1n) is 7.26. The van der Waals surface area contributed by atoms with Crippen LogP contribution in [0.3, 0.4) is 0 Å². The number of ether oxygens (including phenoxy) is 1. The molecule has 0 radical (unpaired) electrons. The highest BCUT2D eigenvalue weighted by Gasteiger charge is 2.40. The second kappa shape index (κ2) is 5.29. The van der Waals surface area contributed by atoms with Crippen LogP contribution in [0, 0.1) is 0 Å². The molecule has 1 spiro atoms. The highest BCUT2D eigenvalue weighted by Crippen LogP contribution is 2.24. The lowest BCUT2D eigenvalue weighted by Crippen LogP contribution is -2.69. The summed E-state index contributed by atoms with van der Waals surface area (Å²) in [6.45, 7) is 11.4. The Bertz CT molecular complexity index is 336. The van der Waals surface area contributed by atoms with Gasteiger partial charge >= 0.3 is 6.09 Å². The van der Waals surface area contributed by atoms with Crippen molar-refractivity contribution >= 4 is 6.09 Å². The van der Waals surface area contributed by atoms with Crippen molar-refractivity contribution in [3.63, 3.8) is 0 Å². The molecule has 2 fully saturated rings. The van der Waals surface area contributed by atoms with E-state index >= 15 is 0 Å². The van der Waals surface area contributed by atoms with Crippen molar-refractivity contribution in [2.24, 2.45) is 0 Å². The van der Waals surface area contributed by atoms with Crippen LogP contribution < -0.4 is 10.6 Å². The number of nitrogens with zero attached hydrogens (tertiary/aromatic N) is 1. The largest absolute Gasteiger partial charge is 0.444 e. The highest BCUT2D eigenvalue weighted by molar-refractivity contribution is 5.68. The lowest BCUT2D eigenvalue weighted by Gasteiger charge is -2.47. The van der Waals surface area contributed by atoms with Crippen LogP contribution in [-0.2, 0) is 4.74 Å². The third-order valence-electron chi connectivity index (χ3n) is 3.70. The van der Waals surface area contributed by atoms with E-state index in [0.717, 1.165) is 39.0 Å². The van der Waals surface area contributed by atoms with Gasteiger partial charge in [-0.3, -0.25) is 0 Å². The maximum absolute atomic E-state index is 12.2. The zero-order valence-electron chi connectivity index (χ0n) is 12.6. The van der Waals surface area contributed by atoms with Crippen molar-refractivity contribution < 1.29 is 9.53 Å². The maximum Gasteiger partial charge on any atom is 0.410 e. The van der Waals surface area contributed by atoms with Gasteiger partial charge in [0.15, 0.2) is 0 Å². The van der Waals surface area contributed by atoms with Gasteiger partial charge in [0.1, 0.15) is 5.60 Å². The van der Waals surface area contributed by atoms with Gasteiger partial charge in [-0.2, -0.15) is 0 Å². The van der Waals surface area contributed by atoms with Crippen LogP contribution in [0.1, 0.15) is 40.5 Å². The van der Waals surface area contributed by atoms with Crippen molar-refractivity contribution in [1.82, 2.24) is 15.5 Å². The number of carbonyl (C=O) groups is 1. The van der Waals surface area contributed by atoms with E-state index in [1.54, 1.807) is 0 Å². The van der Waals surface area contributed by atoms with E-state index in [-0.39, 0.29) is 11.6 Å². The van der Waals surface area contributed by atoms with Gasteiger partial charge in [0.05, 0.1) is 0 Å². The minimum Gasteiger partial charge on any atom is -0.444 e. The summed E-state index contributed by atoms with van der Waals surface area (Å²) in [5, 5.41) is 7.13. The molecule has 2 N–H and O–H groups in total. The zero-order valence-corrected chi connectivity index (χ0v) is 12.6. The van der Waals surface area contributed by atoms with Crippen LogP contribution in [0.15, 0.2) is 0 Å². The van der Waals surface area contributed by atoms with Crippen molar-refractivity contribution in [3.8, 4) is 0 Å². The standard InChI is InChI=1S/C14H27N3O2/c1-11-8-15-9-14(16-11)6-5-7-17(10-14)12(18)19-13(2,3)4/h11,15-16H,5-10H2,1-4H3. The first-order valence-corrected chi connectivity index (χ1v) is 7.26. The number of piperidine rings is 1. The maximum atomic E-state index is 12.2. The number of nitrogens with one attached hydrogen (secondary N) is 2. The molecule has 2 unspecified atom stereocenters. The van der Waals surface area contributed by atoms with Crippen molar-refractivity contribution in [2.45, 2.75) is 57.7 Å². The van der Waals surface area contributed by atoms with Gasteiger partial charge in [-0.05, 0) is 40.5 Å². The van der Waals surface area contributed by atoms with Gasteiger partial charge in [0.2, 0.25) is 0 Å². The number of hydrogen-bond acceptors (Lipinski definition) is 4. The first-order chi connectivity index (χ1) is 8.80. The Labute approximate surface area is 116 Å². The molecule has 2 atom stereocenters. The lowest BCUT2D eigenvalue weighted by molar-refractivity contribution is 0.00772. The quantitative estimate of drug-likeness (QED) is 0.697. The molecule has 2 saturated heterocycles. The molecule has 2 aliphatic heterocycles. The normalized spacial score (nSPS) is 32.4. The number of rotatable bonds is 0. The second-order valence-corrected chi connectivity index (χ2v) is 6.96. The molecule has 2 aliphatic rings. The third kappa shape index (κ3) is 3.83. The molecule has 110 valence electrons. The van der Waals surface area contributed by atoms with Gasteiger partial charge in [0, 0.05) is 37.8 Å². The van der Waals surface area contributed by atoms with Gasteiger partial charge in [-0.15, -0.1) is 0 Å². The van der Waals surface area contributed by atoms with Crippen LogP contribution in [0.25, 0.3) is 0 Å². The Morgan fingerprint density at radius 2 is 2.16 bits per heavy atom. The average Bonchev–Trinajstić information content (AvgIpc) is 2.26. The Morgan fingerprint density at radius 3 is 2.79 bits per heavy atom. The molecule has 5 nitrogen and oxygen atoms in total. The molecule has 2 rings (SSSR count). The Morgan fingerprint density at radius 1 is 1.42 bits per heavy atom. The van der Waals surface area contributed by atoms with Gasteiger partial charge < -0.3 is 20.3 Å². The van der Waals surface area contributed by atoms with E-state index in [1.807, 2.05) is 25.7 Å². The Hall–Kier alpha value is -0.810. The minimum atomic E-state index is -0.423. The third-order valence-corrected chi connectivity index (χ3v) is 3.70. The molecule has 0 aromatic rings. The summed E-state index contributed by atoms with van der Waals surface area (Å²) in [4.78, 5) is 14.0. The molecule has 0 aromatic heterocycles. The summed E-state index contributed by atoms with van der Waals surface area (Å²) < 4.78 is 5.48. The number of carbonyl (C=O) groups excluding carboxylic acids is 1. The van der Waals surface area contributed by atoms with Crippen molar-refractivity contribution in [3.05, 3.63) is 0 Å². The van der Waals surface area contributed by atoms with Crippen molar-refractivity contribution in [1.29, 1.82) is 0 Å². The van der Waals surface area contributed by atoms with Crippen LogP contribution in [0.2, 0.25) is 0 Å². The summed E-state index contributed by atoms with van der Waals surface area (Å²) in [7, 11) is 0. The molecule has 2 heterocycles. The fourth-order valence-corrected chi connectivity index (χ4v) is 3.03. The molecule has 5 heteroatoms. The number of piperazine rings is 1. The topological polar surface area (TPSA) is 53.6 Å². The number of hydrogen-bond donors (Lipinski definition) is 2. The fourth-order valence-electron chi connectivity index (χ4n) is 3.03. The summed E-state index contributed by atoms with van der Waals surface area (Å²) in [5.41, 5.74) is -0.403. The van der Waals surface area contributed by atoms with E-state index in [1.165, 1.54) is 0 Å². The predicted octanol–water partition coefficient (Wildman–Crippen LogP) is 1.34. The Balaban J connectivity index is 1.98. The van der Waals surface area contributed by atoms with Gasteiger partial charge in [0.25, 0.3) is 0 Å². The van der Waals surface area contributed by atoms with E-state index in [2.05, 4.69) is 17.6 Å². The van der Waals surface area contributed by atoms with E-state index in [0.29, 0.717) is 6.04 Å². The summed E-state index contributed by atoms with van der Waals surface area (Å²) in [6.07, 6.45) is 1.95. The second-order valence-electron chi connectivity index (χ2n) is 6.96. The average molecular weight is 269 g/mol. The molecule has 1 amide bonds. The number of likely N-dealkylation sites (tertiary alicyclic amines) is 1. The summed E-state index contributed by atoms with van der Waals surface area (Å²) in [6, 6.07) is 0.451. The van der Waals surface area contributed by atoms with Crippen LogP contribution in [0.5, 0.6) is 0 Å². The smallest absolute Gasteiger partial charge is 0.410 e. The summed E-state index contributed by atoms with van der Waals surface area (Å²) in [5.74, 6) is 0. The molecular formula is C14H27N3O2. The number of amides is 1. The molecule has 0 aliphatic carbocycles. The lowest BCUT2D eigenvalue weighted by atomic mass is 9.86. The van der Waals surface area contributed by atoms with E-state index in [9.17, 15) is 4.79 Å². The molecule has 0 bridgehead atoms. The first kappa shape index (κ1) is 14.6. The minimum absolute atomic E-state index is 0.0207. The van der Waals surface area contributed by atoms with Crippen LogP contribution in [-0.4, -0.2) is 54.4 Å². The van der Waals surface area contributed by atoms with Crippen LogP contribution in [0.4, 0.5) is 4.79 Å². The van der Waals surface area contributed by atoms with Gasteiger partial charge in [-0.25, -0.2) is 4.79 Å². The fraction of sp³-hybridized carbons (Fsp3) is 0.929. The molecule has 0 aromatic carbocycles. The monoisotopic (exact) mass is 269 g/mol. The van der Waals surface area contributed by atoms with Gasteiger partial charge in [-0.1, -0.05) is 0 Å². The Kier molecular flexibility index (Phi) is 4.06. The highest BCUT2D eigenvalue weighted by atomic mass is 16.6. The SMILES string of the molecule is CC1CNCC2(CCCN(C(=O)OC(C)(C)C)C2)N1. The molecule has 0 saturated carbocycles. The molecule has 19 heavy (non-hydrogen) atoms. The summed E-state index contributed by atoms with van der Waals surface area (Å²) >= 11 is 0. The van der Waals surface area contributed by atoms with E-state index in [4.69, 9.17) is 4.74 Å². The molecular weight excluding hydrogens is 242 g/mol. The zero-order chi connectivity index (χ0) is 14.1.